The molecule has 1 aliphatic heterocycles. The summed E-state index contributed by atoms with van der Waals surface area (Å²) < 4.78 is 76.7. The second-order valence-electron chi connectivity index (χ2n) is 5.29. The van der Waals surface area contributed by atoms with E-state index in [-0.39, 0.29) is 18.2 Å². The number of alkyl halides is 6. The van der Waals surface area contributed by atoms with Gasteiger partial charge < -0.3 is 5.32 Å². The Kier molecular flexibility index (Phi) is 5.01. The molecule has 0 unspecified atom stereocenters. The molecule has 8 heteroatoms. The Bertz CT molecular complexity index is 469. The van der Waals surface area contributed by atoms with Gasteiger partial charge in [0.25, 0.3) is 0 Å². The highest BCUT2D eigenvalue weighted by molar-refractivity contribution is 5.33. The fourth-order valence-electron chi connectivity index (χ4n) is 2.43. The lowest BCUT2D eigenvalue weighted by Crippen LogP contribution is -2.28. The standard InChI is InChI=1S/C14H16F6N2/c15-13(16,17)11-6-10(7-12(8-11)14(18,19)20)9-22-4-1-2-21-3-5-22/h6-8,21H,1-5,9H2. The maximum absolute atomic E-state index is 12.8. The Morgan fingerprint density at radius 2 is 1.45 bits per heavy atom. The van der Waals surface area contributed by atoms with E-state index in [1.165, 1.54) is 0 Å². The van der Waals surface area contributed by atoms with E-state index in [1.807, 2.05) is 4.90 Å². The first-order chi connectivity index (χ1) is 10.2. The molecule has 0 aliphatic carbocycles. The number of halogens is 6. The highest BCUT2D eigenvalue weighted by Gasteiger charge is 2.36. The zero-order chi connectivity index (χ0) is 16.4. The zero-order valence-corrected chi connectivity index (χ0v) is 11.7. The van der Waals surface area contributed by atoms with Gasteiger partial charge in [-0.15, -0.1) is 0 Å². The summed E-state index contributed by atoms with van der Waals surface area (Å²) >= 11 is 0. The Hall–Kier alpha value is -1.28. The van der Waals surface area contributed by atoms with Crippen LogP contribution >= 0.6 is 0 Å². The fourth-order valence-corrected chi connectivity index (χ4v) is 2.43. The molecule has 0 radical (unpaired) electrons. The third-order valence-corrected chi connectivity index (χ3v) is 3.49. The third kappa shape index (κ3) is 4.61. The Morgan fingerprint density at radius 3 is 2.00 bits per heavy atom. The summed E-state index contributed by atoms with van der Waals surface area (Å²) in [4.78, 5) is 1.86. The molecular weight excluding hydrogens is 310 g/mol. The second kappa shape index (κ2) is 6.45. The highest BCUT2D eigenvalue weighted by Crippen LogP contribution is 2.36. The zero-order valence-electron chi connectivity index (χ0n) is 11.7. The normalized spacial score (nSPS) is 18.3. The van der Waals surface area contributed by atoms with Crippen molar-refractivity contribution in [2.45, 2.75) is 25.3 Å². The van der Waals surface area contributed by atoms with Gasteiger partial charge in [0.1, 0.15) is 0 Å². The number of nitrogens with zero attached hydrogens (tertiary/aromatic N) is 1. The van der Waals surface area contributed by atoms with E-state index in [4.69, 9.17) is 0 Å². The number of hydrogen-bond donors (Lipinski definition) is 1. The quantitative estimate of drug-likeness (QED) is 0.837. The van der Waals surface area contributed by atoms with E-state index in [0.717, 1.165) is 25.1 Å². The molecule has 0 spiro atoms. The average molecular weight is 326 g/mol. The number of benzene rings is 1. The maximum Gasteiger partial charge on any atom is 0.416 e. The maximum atomic E-state index is 12.8. The van der Waals surface area contributed by atoms with Gasteiger partial charge in [0, 0.05) is 19.6 Å². The Balaban J connectivity index is 2.29. The van der Waals surface area contributed by atoms with Gasteiger partial charge in [-0.25, -0.2) is 0 Å². The van der Waals surface area contributed by atoms with Crippen LogP contribution in [0.1, 0.15) is 23.1 Å². The van der Waals surface area contributed by atoms with Crippen molar-refractivity contribution in [3.8, 4) is 0 Å². The largest absolute Gasteiger partial charge is 0.416 e. The first-order valence-electron chi connectivity index (χ1n) is 6.88. The van der Waals surface area contributed by atoms with Crippen LogP contribution in [0.5, 0.6) is 0 Å². The van der Waals surface area contributed by atoms with Crippen molar-refractivity contribution in [1.82, 2.24) is 10.2 Å². The monoisotopic (exact) mass is 326 g/mol. The molecular formula is C14H16F6N2. The van der Waals surface area contributed by atoms with Gasteiger partial charge in [-0.3, -0.25) is 4.90 Å². The molecule has 1 heterocycles. The number of nitrogens with one attached hydrogen (secondary N) is 1. The second-order valence-corrected chi connectivity index (χ2v) is 5.29. The van der Waals surface area contributed by atoms with E-state index >= 15 is 0 Å². The average Bonchev–Trinajstić information content (AvgIpc) is 2.65. The summed E-state index contributed by atoms with van der Waals surface area (Å²) in [5.41, 5.74) is -2.49. The molecule has 1 N–H and O–H groups in total. The topological polar surface area (TPSA) is 15.3 Å². The summed E-state index contributed by atoms with van der Waals surface area (Å²) in [5.74, 6) is 0. The lowest BCUT2D eigenvalue weighted by atomic mass is 10.0. The van der Waals surface area contributed by atoms with Crippen LogP contribution in [0.4, 0.5) is 26.3 Å². The summed E-state index contributed by atoms with van der Waals surface area (Å²) in [6, 6.07) is 1.76. The predicted molar refractivity (Wildman–Crippen MR) is 69.2 cm³/mol. The summed E-state index contributed by atoms with van der Waals surface area (Å²) in [6.45, 7) is 2.79. The van der Waals surface area contributed by atoms with Crippen molar-refractivity contribution >= 4 is 0 Å². The van der Waals surface area contributed by atoms with Crippen LogP contribution in [0.25, 0.3) is 0 Å². The van der Waals surface area contributed by atoms with Crippen LogP contribution in [0.2, 0.25) is 0 Å². The lowest BCUT2D eigenvalue weighted by Gasteiger charge is -2.21. The number of hydrogen-bond acceptors (Lipinski definition) is 2. The van der Waals surface area contributed by atoms with E-state index in [9.17, 15) is 26.3 Å². The molecule has 0 amide bonds. The number of rotatable bonds is 2. The molecule has 1 aliphatic rings. The summed E-state index contributed by atoms with van der Waals surface area (Å²) in [5, 5.41) is 3.13. The molecule has 1 aromatic rings. The molecule has 0 atom stereocenters. The van der Waals surface area contributed by atoms with Crippen LogP contribution in [-0.2, 0) is 18.9 Å². The molecule has 2 nitrogen and oxygen atoms in total. The smallest absolute Gasteiger partial charge is 0.315 e. The van der Waals surface area contributed by atoms with E-state index in [2.05, 4.69) is 5.32 Å². The van der Waals surface area contributed by atoms with E-state index < -0.39 is 23.5 Å². The van der Waals surface area contributed by atoms with Gasteiger partial charge in [-0.05, 0) is 43.3 Å². The molecule has 1 aromatic carbocycles. The van der Waals surface area contributed by atoms with E-state index in [1.54, 1.807) is 0 Å². The van der Waals surface area contributed by atoms with Crippen molar-refractivity contribution in [2.24, 2.45) is 0 Å². The van der Waals surface area contributed by atoms with Crippen molar-refractivity contribution < 1.29 is 26.3 Å². The SMILES string of the molecule is FC(F)(F)c1cc(CN2CCCNCC2)cc(C(F)(F)F)c1. The van der Waals surface area contributed by atoms with Crippen molar-refractivity contribution in [3.05, 3.63) is 34.9 Å². The van der Waals surface area contributed by atoms with Crippen LogP contribution < -0.4 is 5.32 Å². The molecule has 0 bridgehead atoms. The van der Waals surface area contributed by atoms with Gasteiger partial charge in [-0.2, -0.15) is 26.3 Å². The molecule has 2 rings (SSSR count). The van der Waals surface area contributed by atoms with Crippen molar-refractivity contribution in [3.63, 3.8) is 0 Å². The molecule has 124 valence electrons. The van der Waals surface area contributed by atoms with Crippen LogP contribution in [0.3, 0.4) is 0 Å². The van der Waals surface area contributed by atoms with Crippen molar-refractivity contribution in [1.29, 1.82) is 0 Å². The van der Waals surface area contributed by atoms with Gasteiger partial charge in [0.05, 0.1) is 11.1 Å². The predicted octanol–water partition coefficient (Wildman–Crippen LogP) is 3.52. The van der Waals surface area contributed by atoms with Crippen LogP contribution in [-0.4, -0.2) is 31.1 Å². The first kappa shape index (κ1) is 17.1. The Labute approximate surface area is 124 Å². The molecule has 0 aromatic heterocycles. The fraction of sp³-hybridized carbons (Fsp3) is 0.571. The van der Waals surface area contributed by atoms with Crippen molar-refractivity contribution in [2.75, 3.05) is 26.2 Å². The van der Waals surface area contributed by atoms with Gasteiger partial charge in [-0.1, -0.05) is 0 Å². The van der Waals surface area contributed by atoms with Gasteiger partial charge in [0.2, 0.25) is 0 Å². The Morgan fingerprint density at radius 1 is 0.864 bits per heavy atom. The lowest BCUT2D eigenvalue weighted by molar-refractivity contribution is -0.143. The molecule has 1 fully saturated rings. The van der Waals surface area contributed by atoms with E-state index in [0.29, 0.717) is 19.6 Å². The molecule has 1 saturated heterocycles. The van der Waals surface area contributed by atoms with Gasteiger partial charge >= 0.3 is 12.4 Å². The minimum Gasteiger partial charge on any atom is -0.315 e. The minimum atomic E-state index is -4.80. The summed E-state index contributed by atoms with van der Waals surface area (Å²) in [6.07, 6.45) is -8.78. The molecule has 22 heavy (non-hydrogen) atoms. The van der Waals surface area contributed by atoms with Gasteiger partial charge in [0.15, 0.2) is 0 Å². The van der Waals surface area contributed by atoms with Crippen LogP contribution in [0.15, 0.2) is 18.2 Å². The van der Waals surface area contributed by atoms with Crippen LogP contribution in [0, 0.1) is 0 Å². The highest BCUT2D eigenvalue weighted by atomic mass is 19.4. The molecule has 0 saturated carbocycles. The summed E-state index contributed by atoms with van der Waals surface area (Å²) in [7, 11) is 0. The first-order valence-corrected chi connectivity index (χ1v) is 6.88. The minimum absolute atomic E-state index is 0.0315. The third-order valence-electron chi connectivity index (χ3n) is 3.49.